The van der Waals surface area contributed by atoms with E-state index in [1.165, 1.54) is 347 Å². The summed E-state index contributed by atoms with van der Waals surface area (Å²) in [6, 6.07) is -0.622. The molecule has 0 heterocycles. The smallest absolute Gasteiger partial charge is 0.305 e. The molecule has 0 aromatic heterocycles. The Kier molecular flexibility index (Phi) is 66.9. The van der Waals surface area contributed by atoms with Crippen LogP contribution in [-0.2, 0) is 14.3 Å². The van der Waals surface area contributed by atoms with E-state index in [-0.39, 0.29) is 18.5 Å². The lowest BCUT2D eigenvalue weighted by molar-refractivity contribution is -0.143. The summed E-state index contributed by atoms with van der Waals surface area (Å²) in [5, 5.41) is 23.1. The average Bonchev–Trinajstić information content (AvgIpc) is 3.44. The second-order valence-electron chi connectivity index (χ2n) is 24.9. The summed E-state index contributed by atoms with van der Waals surface area (Å²) in [6.07, 6.45) is 84.6. The van der Waals surface area contributed by atoms with Crippen LogP contribution in [0.4, 0.5) is 0 Å². The molecular formula is C72H141NO5. The number of esters is 1. The second-order valence-corrected chi connectivity index (χ2v) is 24.9. The highest BCUT2D eigenvalue weighted by molar-refractivity contribution is 5.76. The van der Waals surface area contributed by atoms with Crippen LogP contribution < -0.4 is 5.32 Å². The van der Waals surface area contributed by atoms with Crippen molar-refractivity contribution in [3.05, 3.63) is 12.2 Å². The van der Waals surface area contributed by atoms with Crippen molar-refractivity contribution >= 4 is 11.9 Å². The van der Waals surface area contributed by atoms with Gasteiger partial charge in [0.2, 0.25) is 5.91 Å². The van der Waals surface area contributed by atoms with Crippen molar-refractivity contribution in [3.63, 3.8) is 0 Å². The molecule has 0 saturated heterocycles. The molecule has 0 bridgehead atoms. The summed E-state index contributed by atoms with van der Waals surface area (Å²) in [5.74, 6) is -0.0357. The highest BCUT2D eigenvalue weighted by Gasteiger charge is 2.18. The molecule has 6 nitrogen and oxygen atoms in total. The maximum Gasteiger partial charge on any atom is 0.305 e. The third kappa shape index (κ3) is 63.8. The van der Waals surface area contributed by atoms with E-state index in [1.807, 2.05) is 6.08 Å². The molecule has 0 aromatic carbocycles. The van der Waals surface area contributed by atoms with Crippen LogP contribution in [0.5, 0.6) is 0 Å². The molecular weight excluding hydrogens is 959 g/mol. The number of aliphatic hydroxyl groups is 2. The molecule has 3 N–H and O–H groups in total. The molecule has 0 fully saturated rings. The van der Waals surface area contributed by atoms with Crippen molar-refractivity contribution in [2.75, 3.05) is 13.2 Å². The van der Waals surface area contributed by atoms with Crippen molar-refractivity contribution in [3.8, 4) is 0 Å². The Morgan fingerprint density at radius 3 is 0.872 bits per heavy atom. The van der Waals surface area contributed by atoms with E-state index < -0.39 is 12.1 Å². The number of carbonyl (C=O) groups excluding carboxylic acids is 2. The Hall–Kier alpha value is -1.40. The first-order valence-corrected chi connectivity index (χ1v) is 36.0. The van der Waals surface area contributed by atoms with E-state index in [1.54, 1.807) is 6.08 Å². The Balaban J connectivity index is 3.29. The second kappa shape index (κ2) is 68.1. The van der Waals surface area contributed by atoms with Gasteiger partial charge in [0.05, 0.1) is 25.4 Å². The predicted molar refractivity (Wildman–Crippen MR) is 343 cm³/mol. The number of hydrogen-bond donors (Lipinski definition) is 3. The molecule has 2 unspecified atom stereocenters. The highest BCUT2D eigenvalue weighted by atomic mass is 16.5. The molecule has 0 spiro atoms. The number of amides is 1. The zero-order valence-electron chi connectivity index (χ0n) is 53.2. The summed E-state index contributed by atoms with van der Waals surface area (Å²) < 4.78 is 5.50. The van der Waals surface area contributed by atoms with Crippen LogP contribution in [0.3, 0.4) is 0 Å². The molecule has 464 valence electrons. The fraction of sp³-hybridized carbons (Fsp3) is 0.944. The number of allylic oxidation sites excluding steroid dienone is 1. The summed E-state index contributed by atoms with van der Waals surface area (Å²) in [5.41, 5.74) is 0. The fourth-order valence-electron chi connectivity index (χ4n) is 11.6. The summed E-state index contributed by atoms with van der Waals surface area (Å²) >= 11 is 0. The number of aliphatic hydroxyl groups excluding tert-OH is 2. The lowest BCUT2D eigenvalue weighted by atomic mass is 10.0. The van der Waals surface area contributed by atoms with Crippen molar-refractivity contribution in [2.45, 2.75) is 424 Å². The molecule has 0 aliphatic carbocycles. The van der Waals surface area contributed by atoms with Gasteiger partial charge < -0.3 is 20.3 Å². The molecule has 0 aliphatic rings. The number of unbranched alkanes of at least 4 members (excludes halogenated alkanes) is 57. The lowest BCUT2D eigenvalue weighted by Gasteiger charge is -2.20. The molecule has 6 heteroatoms. The van der Waals surface area contributed by atoms with Crippen molar-refractivity contribution in [1.82, 2.24) is 5.32 Å². The van der Waals surface area contributed by atoms with Gasteiger partial charge >= 0.3 is 5.97 Å². The quantitative estimate of drug-likeness (QED) is 0.0320. The maximum absolute atomic E-state index is 12.5. The van der Waals surface area contributed by atoms with Gasteiger partial charge in [-0.1, -0.05) is 379 Å². The van der Waals surface area contributed by atoms with Crippen LogP contribution >= 0.6 is 0 Å². The lowest BCUT2D eigenvalue weighted by Crippen LogP contribution is -2.45. The van der Waals surface area contributed by atoms with Gasteiger partial charge in [-0.3, -0.25) is 9.59 Å². The fourth-order valence-corrected chi connectivity index (χ4v) is 11.6. The standard InChI is InChI=1S/C72H141NO5/c1-3-5-7-9-11-13-15-17-42-46-50-54-58-62-66-72(77)78-67-63-59-55-51-47-43-40-38-36-34-32-30-28-26-24-22-20-18-19-21-23-25-27-29-31-33-35-37-39-41-45-49-53-57-61-65-71(76)73-69(68-74)70(75)64-60-56-52-48-44-16-14-12-10-8-6-4-2/h60,64,69-70,74-75H,3-59,61-63,65-68H2,1-2H3,(H,73,76)/b64-60+. The number of ether oxygens (including phenoxy) is 1. The monoisotopic (exact) mass is 1100 g/mol. The SMILES string of the molecule is CCCCCCCCCCCC/C=C/C(O)C(CO)NC(=O)CCCCCCCCCCCCCCCCCCCCCCCCCCCCCCCCCCCCCOC(=O)CCCCCCCCCCCCCCCC. The van der Waals surface area contributed by atoms with Crippen molar-refractivity contribution in [1.29, 1.82) is 0 Å². The van der Waals surface area contributed by atoms with Crippen LogP contribution in [0.2, 0.25) is 0 Å². The number of rotatable bonds is 68. The Morgan fingerprint density at radius 2 is 0.590 bits per heavy atom. The normalized spacial score (nSPS) is 12.5. The Bertz CT molecular complexity index is 1180. The minimum absolute atomic E-state index is 0.0254. The predicted octanol–water partition coefficient (Wildman–Crippen LogP) is 23.1. The Labute approximate surface area is 489 Å². The first kappa shape index (κ1) is 76.6. The van der Waals surface area contributed by atoms with Crippen LogP contribution in [0, 0.1) is 0 Å². The minimum Gasteiger partial charge on any atom is -0.466 e. The number of nitrogens with one attached hydrogen (secondary N) is 1. The van der Waals surface area contributed by atoms with Crippen LogP contribution in [0.1, 0.15) is 412 Å². The van der Waals surface area contributed by atoms with E-state index in [9.17, 15) is 19.8 Å². The van der Waals surface area contributed by atoms with E-state index >= 15 is 0 Å². The first-order chi connectivity index (χ1) is 38.5. The topological polar surface area (TPSA) is 95.9 Å². The van der Waals surface area contributed by atoms with Gasteiger partial charge in [-0.05, 0) is 32.1 Å². The minimum atomic E-state index is -0.839. The number of carbonyl (C=O) groups is 2. The third-order valence-electron chi connectivity index (χ3n) is 17.1. The highest BCUT2D eigenvalue weighted by Crippen LogP contribution is 2.19. The van der Waals surface area contributed by atoms with Crippen molar-refractivity contribution < 1.29 is 24.5 Å². The summed E-state index contributed by atoms with van der Waals surface area (Å²) in [7, 11) is 0. The largest absolute Gasteiger partial charge is 0.466 e. The maximum atomic E-state index is 12.5. The zero-order chi connectivity index (χ0) is 56.4. The summed E-state index contributed by atoms with van der Waals surface area (Å²) in [6.45, 7) is 4.94. The molecule has 0 saturated carbocycles. The van der Waals surface area contributed by atoms with Gasteiger partial charge in [-0.15, -0.1) is 0 Å². The van der Waals surface area contributed by atoms with Gasteiger partial charge in [0.25, 0.3) is 0 Å². The van der Waals surface area contributed by atoms with Crippen LogP contribution in [0.25, 0.3) is 0 Å². The van der Waals surface area contributed by atoms with Gasteiger partial charge in [0.15, 0.2) is 0 Å². The van der Waals surface area contributed by atoms with E-state index in [4.69, 9.17) is 4.74 Å². The third-order valence-corrected chi connectivity index (χ3v) is 17.1. The number of hydrogen-bond acceptors (Lipinski definition) is 5. The van der Waals surface area contributed by atoms with E-state index in [0.29, 0.717) is 19.4 Å². The first-order valence-electron chi connectivity index (χ1n) is 36.0. The van der Waals surface area contributed by atoms with Crippen molar-refractivity contribution in [2.24, 2.45) is 0 Å². The summed E-state index contributed by atoms with van der Waals surface area (Å²) in [4.78, 5) is 24.5. The molecule has 0 rings (SSSR count). The average molecular weight is 1100 g/mol. The van der Waals surface area contributed by atoms with E-state index in [2.05, 4.69) is 19.2 Å². The molecule has 0 radical (unpaired) electrons. The van der Waals surface area contributed by atoms with Gasteiger partial charge in [0.1, 0.15) is 0 Å². The molecule has 78 heavy (non-hydrogen) atoms. The van der Waals surface area contributed by atoms with Crippen LogP contribution in [-0.4, -0.2) is 47.4 Å². The van der Waals surface area contributed by atoms with Gasteiger partial charge in [-0.2, -0.15) is 0 Å². The molecule has 1 amide bonds. The van der Waals surface area contributed by atoms with Gasteiger partial charge in [0, 0.05) is 12.8 Å². The van der Waals surface area contributed by atoms with Crippen LogP contribution in [0.15, 0.2) is 12.2 Å². The Morgan fingerprint density at radius 1 is 0.346 bits per heavy atom. The molecule has 0 aromatic rings. The molecule has 2 atom stereocenters. The molecule has 0 aliphatic heterocycles. The van der Waals surface area contributed by atoms with Gasteiger partial charge in [-0.25, -0.2) is 0 Å². The van der Waals surface area contributed by atoms with E-state index in [0.717, 1.165) is 38.5 Å². The zero-order valence-corrected chi connectivity index (χ0v) is 53.2.